The molecule has 0 unspecified atom stereocenters. The largest absolute Gasteiger partial charge is 0.322 e. The number of nitrogens with zero attached hydrogens (tertiary/aromatic N) is 2. The number of aryl methyl sites for hydroxylation is 1. The van der Waals surface area contributed by atoms with Crippen LogP contribution in [0.25, 0.3) is 0 Å². The van der Waals surface area contributed by atoms with Gasteiger partial charge in [0.05, 0.1) is 11.8 Å². The molecule has 132 valence electrons. The minimum atomic E-state index is -0.469. The zero-order valence-corrected chi connectivity index (χ0v) is 15.2. The third kappa shape index (κ3) is 4.04. The summed E-state index contributed by atoms with van der Waals surface area (Å²) in [5, 5.41) is 10.4. The van der Waals surface area contributed by atoms with Gasteiger partial charge in [-0.25, -0.2) is 0 Å². The fourth-order valence-corrected chi connectivity index (χ4v) is 2.77. The Kier molecular flexibility index (Phi) is 5.25. The van der Waals surface area contributed by atoms with Crippen molar-refractivity contribution >= 4 is 46.4 Å². The van der Waals surface area contributed by atoms with Crippen molar-refractivity contribution in [1.29, 1.82) is 0 Å². The van der Waals surface area contributed by atoms with E-state index in [2.05, 4.69) is 15.7 Å². The molecule has 0 saturated carbocycles. The normalized spacial score (nSPS) is 10.4. The van der Waals surface area contributed by atoms with Gasteiger partial charge >= 0.3 is 0 Å². The first-order valence-electron chi connectivity index (χ1n) is 7.60. The number of rotatable bonds is 4. The summed E-state index contributed by atoms with van der Waals surface area (Å²) in [5.74, 6) is -0.930. The van der Waals surface area contributed by atoms with Gasteiger partial charge in [-0.05, 0) is 36.4 Å². The predicted octanol–water partition coefficient (Wildman–Crippen LogP) is 4.23. The summed E-state index contributed by atoms with van der Waals surface area (Å²) in [6.45, 7) is 0. The highest BCUT2D eigenvalue weighted by molar-refractivity contribution is 6.31. The van der Waals surface area contributed by atoms with Crippen molar-refractivity contribution in [3.05, 3.63) is 76.0 Å². The maximum Gasteiger partial charge on any atom is 0.274 e. The van der Waals surface area contributed by atoms with Gasteiger partial charge in [-0.1, -0.05) is 35.3 Å². The maximum atomic E-state index is 12.6. The van der Waals surface area contributed by atoms with Gasteiger partial charge in [0.2, 0.25) is 0 Å². The van der Waals surface area contributed by atoms with Gasteiger partial charge in [-0.3, -0.25) is 14.3 Å². The van der Waals surface area contributed by atoms with Crippen molar-refractivity contribution in [3.63, 3.8) is 0 Å². The van der Waals surface area contributed by atoms with E-state index in [1.54, 1.807) is 55.6 Å². The number of anilines is 2. The van der Waals surface area contributed by atoms with Crippen LogP contribution in [0.2, 0.25) is 10.0 Å². The van der Waals surface area contributed by atoms with Crippen LogP contribution in [0.1, 0.15) is 20.8 Å². The number of benzene rings is 2. The highest BCUT2D eigenvalue weighted by atomic mass is 35.5. The highest BCUT2D eigenvalue weighted by Crippen LogP contribution is 2.19. The number of hydrogen-bond acceptors (Lipinski definition) is 3. The van der Waals surface area contributed by atoms with Gasteiger partial charge in [0.15, 0.2) is 0 Å². The van der Waals surface area contributed by atoms with Gasteiger partial charge in [-0.15, -0.1) is 0 Å². The Bertz CT molecular complexity index is 985. The molecule has 2 aromatic carbocycles. The van der Waals surface area contributed by atoms with Gasteiger partial charge in [-0.2, -0.15) is 5.10 Å². The first kappa shape index (κ1) is 18.0. The molecule has 0 atom stereocenters. The van der Waals surface area contributed by atoms with Crippen molar-refractivity contribution in [1.82, 2.24) is 9.78 Å². The second kappa shape index (κ2) is 7.59. The highest BCUT2D eigenvalue weighted by Gasteiger charge is 2.22. The van der Waals surface area contributed by atoms with Crippen LogP contribution in [0.3, 0.4) is 0 Å². The average Bonchev–Trinajstić information content (AvgIpc) is 2.97. The summed E-state index contributed by atoms with van der Waals surface area (Å²) >= 11 is 11.8. The fraction of sp³-hybridized carbons (Fsp3) is 0.0556. The monoisotopic (exact) mass is 388 g/mol. The Morgan fingerprint density at radius 2 is 1.46 bits per heavy atom. The van der Waals surface area contributed by atoms with E-state index in [4.69, 9.17) is 23.2 Å². The standard InChI is InChI=1S/C18H14Cl2N4O2/c1-24-16(18(26)23-14-7-3-5-12(20)9-14)15(10-21-24)17(25)22-13-6-2-4-11(19)8-13/h2-10H,1H3,(H,22,25)(H,23,26). The molecule has 0 saturated heterocycles. The van der Waals surface area contributed by atoms with E-state index in [0.29, 0.717) is 21.4 Å². The molecule has 0 bridgehead atoms. The molecule has 2 N–H and O–H groups in total. The smallest absolute Gasteiger partial charge is 0.274 e. The van der Waals surface area contributed by atoms with Gasteiger partial charge in [0.1, 0.15) is 5.69 Å². The van der Waals surface area contributed by atoms with Crippen LogP contribution >= 0.6 is 23.2 Å². The lowest BCUT2D eigenvalue weighted by Gasteiger charge is -2.09. The van der Waals surface area contributed by atoms with E-state index >= 15 is 0 Å². The fourth-order valence-electron chi connectivity index (χ4n) is 2.39. The Balaban J connectivity index is 1.84. The Hall–Kier alpha value is -2.83. The lowest BCUT2D eigenvalue weighted by atomic mass is 10.2. The predicted molar refractivity (Wildman–Crippen MR) is 102 cm³/mol. The maximum absolute atomic E-state index is 12.6. The second-order valence-corrected chi connectivity index (χ2v) is 6.33. The van der Waals surface area contributed by atoms with Crippen LogP contribution in [0.4, 0.5) is 11.4 Å². The van der Waals surface area contributed by atoms with E-state index in [9.17, 15) is 9.59 Å². The van der Waals surface area contributed by atoms with Crippen molar-refractivity contribution in [3.8, 4) is 0 Å². The molecule has 0 spiro atoms. The molecule has 1 aromatic heterocycles. The molecule has 26 heavy (non-hydrogen) atoms. The van der Waals surface area contributed by atoms with Crippen LogP contribution in [0, 0.1) is 0 Å². The molecule has 8 heteroatoms. The summed E-state index contributed by atoms with van der Waals surface area (Å²) in [5.41, 5.74) is 1.31. The van der Waals surface area contributed by atoms with Crippen molar-refractivity contribution in [2.75, 3.05) is 10.6 Å². The Morgan fingerprint density at radius 1 is 0.923 bits per heavy atom. The minimum absolute atomic E-state index is 0.129. The quantitative estimate of drug-likeness (QED) is 0.701. The van der Waals surface area contributed by atoms with E-state index in [0.717, 1.165) is 0 Å². The summed E-state index contributed by atoms with van der Waals surface area (Å²) in [7, 11) is 1.59. The molecule has 0 aliphatic heterocycles. The van der Waals surface area contributed by atoms with Crippen LogP contribution in [0.15, 0.2) is 54.7 Å². The number of carbonyl (C=O) groups is 2. The first-order chi connectivity index (χ1) is 12.4. The summed E-state index contributed by atoms with van der Waals surface area (Å²) in [6, 6.07) is 13.5. The van der Waals surface area contributed by atoms with Gasteiger partial charge < -0.3 is 10.6 Å². The Morgan fingerprint density at radius 3 is 2.00 bits per heavy atom. The molecular weight excluding hydrogens is 375 g/mol. The number of halogens is 2. The SMILES string of the molecule is Cn1ncc(C(=O)Nc2cccc(Cl)c2)c1C(=O)Nc1cccc(Cl)c1. The summed E-state index contributed by atoms with van der Waals surface area (Å²) < 4.78 is 1.34. The average molecular weight is 389 g/mol. The molecule has 0 aliphatic carbocycles. The summed E-state index contributed by atoms with van der Waals surface area (Å²) in [4.78, 5) is 25.2. The van der Waals surface area contributed by atoms with Crippen molar-refractivity contribution in [2.45, 2.75) is 0 Å². The third-order valence-corrected chi connectivity index (χ3v) is 4.03. The zero-order chi connectivity index (χ0) is 18.7. The number of carbonyl (C=O) groups excluding carboxylic acids is 2. The molecule has 0 radical (unpaired) electrons. The van der Waals surface area contributed by atoms with Crippen LogP contribution < -0.4 is 10.6 Å². The minimum Gasteiger partial charge on any atom is -0.322 e. The van der Waals surface area contributed by atoms with Crippen LogP contribution in [0.5, 0.6) is 0 Å². The molecule has 3 aromatic rings. The number of hydrogen-bond donors (Lipinski definition) is 2. The van der Waals surface area contributed by atoms with Crippen molar-refractivity contribution < 1.29 is 9.59 Å². The molecule has 2 amide bonds. The molecular formula is C18H14Cl2N4O2. The number of amides is 2. The number of nitrogens with one attached hydrogen (secondary N) is 2. The molecule has 3 rings (SSSR count). The topological polar surface area (TPSA) is 76.0 Å². The number of aromatic nitrogens is 2. The lowest BCUT2D eigenvalue weighted by molar-refractivity contribution is 0.0985. The first-order valence-corrected chi connectivity index (χ1v) is 8.35. The zero-order valence-electron chi connectivity index (χ0n) is 13.7. The van der Waals surface area contributed by atoms with Crippen molar-refractivity contribution in [2.24, 2.45) is 7.05 Å². The molecule has 1 heterocycles. The molecule has 0 fully saturated rings. The van der Waals surface area contributed by atoms with Gasteiger partial charge in [0, 0.05) is 28.5 Å². The van der Waals surface area contributed by atoms with Gasteiger partial charge in [0.25, 0.3) is 11.8 Å². The Labute approximate surface area is 159 Å². The van der Waals surface area contributed by atoms with E-state index < -0.39 is 11.8 Å². The molecule has 0 aliphatic rings. The third-order valence-electron chi connectivity index (χ3n) is 3.56. The molecule has 6 nitrogen and oxygen atoms in total. The lowest BCUT2D eigenvalue weighted by Crippen LogP contribution is -2.22. The van der Waals surface area contributed by atoms with E-state index in [1.807, 2.05) is 0 Å². The van der Waals surface area contributed by atoms with Crippen LogP contribution in [-0.2, 0) is 7.05 Å². The second-order valence-electron chi connectivity index (χ2n) is 5.46. The van der Waals surface area contributed by atoms with E-state index in [1.165, 1.54) is 10.9 Å². The van der Waals surface area contributed by atoms with E-state index in [-0.39, 0.29) is 11.3 Å². The summed E-state index contributed by atoms with van der Waals surface area (Å²) in [6.07, 6.45) is 1.34. The van der Waals surface area contributed by atoms with Crippen LogP contribution in [-0.4, -0.2) is 21.6 Å².